The number of benzene rings is 2. The summed E-state index contributed by atoms with van der Waals surface area (Å²) in [6, 6.07) is 15.2. The smallest absolute Gasteiger partial charge is 0.284 e. The van der Waals surface area contributed by atoms with Gasteiger partial charge in [-0.25, -0.2) is 0 Å². The monoisotopic (exact) mass is 429 g/mol. The van der Waals surface area contributed by atoms with Crippen LogP contribution in [-0.2, 0) is 14.8 Å². The molecule has 1 saturated heterocycles. The molecule has 8 heteroatoms. The lowest BCUT2D eigenvalue weighted by Gasteiger charge is -2.18. The fourth-order valence-electron chi connectivity index (χ4n) is 3.17. The van der Waals surface area contributed by atoms with Gasteiger partial charge in [-0.3, -0.25) is 4.79 Å². The molecule has 2 aromatic rings. The second kappa shape index (κ2) is 9.75. The number of sulfonamides is 1. The number of rotatable bonds is 6. The first-order chi connectivity index (χ1) is 14.3. The molecular formula is C22H27N3O4S. The van der Waals surface area contributed by atoms with Crippen molar-refractivity contribution in [2.24, 2.45) is 4.40 Å². The zero-order valence-corrected chi connectivity index (χ0v) is 18.1. The minimum Gasteiger partial charge on any atom is -0.481 e. The summed E-state index contributed by atoms with van der Waals surface area (Å²) in [5, 5.41) is 2.71. The van der Waals surface area contributed by atoms with Gasteiger partial charge in [0.05, 0.1) is 4.90 Å². The maximum Gasteiger partial charge on any atom is 0.284 e. The highest BCUT2D eigenvalue weighted by atomic mass is 32.2. The predicted molar refractivity (Wildman–Crippen MR) is 117 cm³/mol. The van der Waals surface area contributed by atoms with E-state index < -0.39 is 16.1 Å². The molecule has 1 N–H and O–H groups in total. The molecule has 0 unspecified atom stereocenters. The van der Waals surface area contributed by atoms with Crippen LogP contribution >= 0.6 is 0 Å². The van der Waals surface area contributed by atoms with Crippen molar-refractivity contribution < 1.29 is 17.9 Å². The quantitative estimate of drug-likeness (QED) is 0.757. The van der Waals surface area contributed by atoms with Crippen LogP contribution in [0.15, 0.2) is 63.9 Å². The topological polar surface area (TPSA) is 88.1 Å². The summed E-state index contributed by atoms with van der Waals surface area (Å²) >= 11 is 0. The molecule has 1 aliphatic rings. The number of anilines is 1. The highest BCUT2D eigenvalue weighted by Gasteiger charge is 2.20. The molecule has 0 aromatic heterocycles. The van der Waals surface area contributed by atoms with Crippen LogP contribution in [0.5, 0.6) is 5.75 Å². The number of carbonyl (C=O) groups is 1. The van der Waals surface area contributed by atoms with Crippen LogP contribution in [0.4, 0.5) is 5.69 Å². The number of ether oxygens (including phenoxy) is 1. The Bertz CT molecular complexity index is 1010. The Kier molecular flexibility index (Phi) is 7.10. The van der Waals surface area contributed by atoms with Crippen LogP contribution in [0.1, 0.15) is 32.6 Å². The Morgan fingerprint density at radius 3 is 2.63 bits per heavy atom. The van der Waals surface area contributed by atoms with Gasteiger partial charge >= 0.3 is 0 Å². The van der Waals surface area contributed by atoms with Gasteiger partial charge in [-0.1, -0.05) is 30.7 Å². The van der Waals surface area contributed by atoms with Gasteiger partial charge in [0, 0.05) is 25.7 Å². The van der Waals surface area contributed by atoms with Crippen molar-refractivity contribution in [1.29, 1.82) is 0 Å². The van der Waals surface area contributed by atoms with Crippen LogP contribution in [0.25, 0.3) is 0 Å². The highest BCUT2D eigenvalue weighted by molar-refractivity contribution is 7.90. The van der Waals surface area contributed by atoms with E-state index in [1.165, 1.54) is 12.1 Å². The molecule has 0 bridgehead atoms. The number of nitrogens with zero attached hydrogens (tertiary/aromatic N) is 2. The first-order valence-electron chi connectivity index (χ1n) is 10.0. The zero-order chi connectivity index (χ0) is 21.6. The van der Waals surface area contributed by atoms with Gasteiger partial charge in [0.25, 0.3) is 15.9 Å². The standard InChI is InChI=1S/C22H27N3O4S/c1-17(29-19-11-5-3-6-12-19)22(26)23-18-10-9-13-20(16-18)30(27,28)24-21-14-7-4-8-15-25(21)2/h3,5-6,9-13,16-17H,4,7-8,14-15H2,1-2H3,(H,23,26)/t17-/m1/s1. The van der Waals surface area contributed by atoms with E-state index in [4.69, 9.17) is 4.74 Å². The van der Waals surface area contributed by atoms with E-state index in [1.54, 1.807) is 31.2 Å². The Labute approximate surface area is 177 Å². The fraction of sp³-hybridized carbons (Fsp3) is 0.364. The number of likely N-dealkylation sites (tertiary alicyclic amines) is 1. The third-order valence-corrected chi connectivity index (χ3v) is 6.19. The van der Waals surface area contributed by atoms with E-state index in [-0.39, 0.29) is 10.8 Å². The Morgan fingerprint density at radius 1 is 1.10 bits per heavy atom. The average Bonchev–Trinajstić information content (AvgIpc) is 2.93. The van der Waals surface area contributed by atoms with E-state index in [0.717, 1.165) is 25.8 Å². The summed E-state index contributed by atoms with van der Waals surface area (Å²) in [6.45, 7) is 2.43. The van der Waals surface area contributed by atoms with E-state index in [2.05, 4.69) is 9.71 Å². The normalized spacial score (nSPS) is 17.3. The van der Waals surface area contributed by atoms with Crippen molar-refractivity contribution in [3.63, 3.8) is 0 Å². The number of amides is 1. The minimum atomic E-state index is -3.87. The maximum absolute atomic E-state index is 12.8. The molecule has 3 rings (SSSR count). The number of amidine groups is 1. The molecule has 160 valence electrons. The molecule has 1 amide bonds. The Morgan fingerprint density at radius 2 is 1.87 bits per heavy atom. The summed E-state index contributed by atoms with van der Waals surface area (Å²) in [6.07, 6.45) is 2.91. The molecule has 0 spiro atoms. The summed E-state index contributed by atoms with van der Waals surface area (Å²) in [5.41, 5.74) is 0.374. The van der Waals surface area contributed by atoms with E-state index in [1.807, 2.05) is 30.1 Å². The molecule has 0 aliphatic carbocycles. The molecule has 0 radical (unpaired) electrons. The number of carbonyl (C=O) groups excluding carboxylic acids is 1. The zero-order valence-electron chi connectivity index (χ0n) is 17.2. The van der Waals surface area contributed by atoms with Crippen molar-refractivity contribution in [2.75, 3.05) is 18.9 Å². The lowest BCUT2D eigenvalue weighted by atomic mass is 10.2. The van der Waals surface area contributed by atoms with E-state index >= 15 is 0 Å². The van der Waals surface area contributed by atoms with Gasteiger partial charge in [0.2, 0.25) is 0 Å². The summed E-state index contributed by atoms with van der Waals surface area (Å²) < 4.78 is 35.3. The third-order valence-electron chi connectivity index (χ3n) is 4.88. The molecule has 2 aromatic carbocycles. The van der Waals surface area contributed by atoms with Crippen molar-refractivity contribution >= 4 is 27.5 Å². The molecule has 1 heterocycles. The SMILES string of the molecule is C[C@@H](Oc1ccccc1)C(=O)Nc1cccc(S(=O)(=O)N=C2CCCCCN2C)c1. The number of hydrogen-bond acceptors (Lipinski definition) is 4. The molecule has 1 atom stereocenters. The van der Waals surface area contributed by atoms with Crippen LogP contribution in [0.3, 0.4) is 0 Å². The van der Waals surface area contributed by atoms with Gasteiger partial charge in [-0.2, -0.15) is 8.42 Å². The maximum atomic E-state index is 12.8. The van der Waals surface area contributed by atoms with Crippen LogP contribution in [0, 0.1) is 0 Å². The molecule has 30 heavy (non-hydrogen) atoms. The lowest BCUT2D eigenvalue weighted by Crippen LogP contribution is -2.30. The van der Waals surface area contributed by atoms with Crippen LogP contribution in [-0.4, -0.2) is 44.8 Å². The van der Waals surface area contributed by atoms with Gasteiger partial charge in [-0.15, -0.1) is 4.40 Å². The van der Waals surface area contributed by atoms with Gasteiger partial charge in [0.1, 0.15) is 11.6 Å². The van der Waals surface area contributed by atoms with Crippen LogP contribution in [0.2, 0.25) is 0 Å². The Hall–Kier alpha value is -2.87. The molecule has 1 fully saturated rings. The van der Waals surface area contributed by atoms with E-state index in [0.29, 0.717) is 23.7 Å². The van der Waals surface area contributed by atoms with Crippen molar-refractivity contribution in [2.45, 2.75) is 43.6 Å². The van der Waals surface area contributed by atoms with Crippen molar-refractivity contribution in [3.8, 4) is 5.75 Å². The fourth-order valence-corrected chi connectivity index (χ4v) is 4.31. The molecule has 0 saturated carbocycles. The largest absolute Gasteiger partial charge is 0.481 e. The van der Waals surface area contributed by atoms with Gasteiger partial charge in [-0.05, 0) is 50.1 Å². The third kappa shape index (κ3) is 5.82. The van der Waals surface area contributed by atoms with Crippen molar-refractivity contribution in [3.05, 3.63) is 54.6 Å². The second-order valence-electron chi connectivity index (χ2n) is 7.31. The summed E-state index contributed by atoms with van der Waals surface area (Å²) in [5.74, 6) is 0.787. The van der Waals surface area contributed by atoms with Crippen LogP contribution < -0.4 is 10.1 Å². The van der Waals surface area contributed by atoms with E-state index in [9.17, 15) is 13.2 Å². The first kappa shape index (κ1) is 21.8. The van der Waals surface area contributed by atoms with Crippen molar-refractivity contribution in [1.82, 2.24) is 4.90 Å². The molecule has 7 nitrogen and oxygen atoms in total. The molecular weight excluding hydrogens is 402 g/mol. The lowest BCUT2D eigenvalue weighted by molar-refractivity contribution is -0.122. The molecule has 1 aliphatic heterocycles. The Balaban J connectivity index is 1.72. The number of para-hydroxylation sites is 1. The average molecular weight is 430 g/mol. The highest BCUT2D eigenvalue weighted by Crippen LogP contribution is 2.20. The summed E-state index contributed by atoms with van der Waals surface area (Å²) in [7, 11) is -2.01. The van der Waals surface area contributed by atoms with Gasteiger partial charge < -0.3 is 15.0 Å². The number of nitrogens with one attached hydrogen (secondary N) is 1. The number of hydrogen-bond donors (Lipinski definition) is 1. The minimum absolute atomic E-state index is 0.0436. The van der Waals surface area contributed by atoms with Gasteiger partial charge in [0.15, 0.2) is 6.10 Å². The summed E-state index contributed by atoms with van der Waals surface area (Å²) in [4.78, 5) is 14.4. The second-order valence-corrected chi connectivity index (χ2v) is 8.91. The predicted octanol–water partition coefficient (Wildman–Crippen LogP) is 3.69. The first-order valence-corrected chi connectivity index (χ1v) is 11.5.